The molecule has 412 valence electrons. The fourth-order valence-corrected chi connectivity index (χ4v) is 7.64. The fourth-order valence-electron chi connectivity index (χ4n) is 7.64. The van der Waals surface area contributed by atoms with E-state index in [2.05, 4.69) is 10.2 Å². The van der Waals surface area contributed by atoms with E-state index in [4.69, 9.17) is 13.9 Å². The van der Waals surface area contributed by atoms with Crippen LogP contribution in [0.5, 0.6) is 0 Å². The van der Waals surface area contributed by atoms with Crippen molar-refractivity contribution in [2.24, 2.45) is 0 Å². The Kier molecular flexibility index (Phi) is 18.6. The first-order valence-electron chi connectivity index (χ1n) is 24.3. The number of ether oxygens (including phenoxy) is 2. The number of anilines is 2. The summed E-state index contributed by atoms with van der Waals surface area (Å²) in [6, 6.07) is 30.2. The number of aromatic nitrogens is 2. The van der Waals surface area contributed by atoms with Gasteiger partial charge in [-0.1, -0.05) is 72.8 Å². The van der Waals surface area contributed by atoms with Crippen LogP contribution in [0.1, 0.15) is 68.9 Å². The van der Waals surface area contributed by atoms with E-state index in [9.17, 15) is 55.1 Å². The van der Waals surface area contributed by atoms with Crippen molar-refractivity contribution in [2.45, 2.75) is 78.2 Å². The fraction of sp³-hybridized carbons (Fsp3) is 0.396. The molecule has 0 atom stereocenters. The molecule has 1 aromatic heterocycles. The van der Waals surface area contributed by atoms with Gasteiger partial charge in [0.15, 0.2) is 5.78 Å². The third-order valence-electron chi connectivity index (χ3n) is 11.5. The Bertz CT molecular complexity index is 2810. The molecule has 7 amide bonds. The van der Waals surface area contributed by atoms with Gasteiger partial charge in [-0.3, -0.25) is 19.4 Å². The van der Waals surface area contributed by atoms with E-state index in [-0.39, 0.29) is 36.6 Å². The number of nitrogens with zero attached hydrogens (tertiary/aromatic N) is 8. The second kappa shape index (κ2) is 24.7. The van der Waals surface area contributed by atoms with E-state index in [1.165, 1.54) is 12.1 Å². The van der Waals surface area contributed by atoms with Gasteiger partial charge in [-0.2, -0.15) is 26.3 Å². The third-order valence-corrected chi connectivity index (χ3v) is 11.5. The average molecular weight is 1080 g/mol. The highest BCUT2D eigenvalue weighted by molar-refractivity contribution is 6.00. The largest absolute Gasteiger partial charge is 0.471 e. The van der Waals surface area contributed by atoms with Crippen molar-refractivity contribution in [3.05, 3.63) is 132 Å². The number of carbonyl (C=O) groups excluding carboxylic acids is 6. The van der Waals surface area contributed by atoms with E-state index < -0.39 is 59.9 Å². The average Bonchev–Trinajstić information content (AvgIpc) is 3.91. The molecule has 2 aliphatic heterocycles. The molecule has 2 fully saturated rings. The molecule has 7 rings (SSSR count). The summed E-state index contributed by atoms with van der Waals surface area (Å²) in [5.41, 5.74) is 1.98. The molecule has 5 aromatic rings. The summed E-state index contributed by atoms with van der Waals surface area (Å²) in [4.78, 5) is 84.7. The lowest BCUT2D eigenvalue weighted by Gasteiger charge is -2.38. The third kappa shape index (κ3) is 16.9. The summed E-state index contributed by atoms with van der Waals surface area (Å²) >= 11 is 0. The van der Waals surface area contributed by atoms with E-state index >= 15 is 0 Å². The Balaban J connectivity index is 0.000000250. The molecule has 24 heteroatoms. The first-order chi connectivity index (χ1) is 36.1. The molecule has 0 saturated carbocycles. The Labute approximate surface area is 440 Å². The van der Waals surface area contributed by atoms with Crippen LogP contribution in [0.15, 0.2) is 114 Å². The zero-order chi connectivity index (χ0) is 56.3. The molecule has 18 nitrogen and oxygen atoms in total. The number of alkyl halides is 6. The van der Waals surface area contributed by atoms with E-state index in [1.807, 2.05) is 36.4 Å². The lowest BCUT2D eigenvalue weighted by molar-refractivity contribution is -0.173. The Morgan fingerprint density at radius 1 is 0.545 bits per heavy atom. The first-order valence-corrected chi connectivity index (χ1v) is 24.3. The second-order valence-electron chi connectivity index (χ2n) is 19.7. The van der Waals surface area contributed by atoms with Crippen LogP contribution in [0.4, 0.5) is 56.9 Å². The topological polar surface area (TPSA) is 191 Å². The van der Waals surface area contributed by atoms with Gasteiger partial charge in [-0.05, 0) is 89.1 Å². The molecule has 77 heavy (non-hydrogen) atoms. The Morgan fingerprint density at radius 2 is 0.935 bits per heavy atom. The number of hydrogen-bond donors (Lipinski definition) is 1. The van der Waals surface area contributed by atoms with E-state index in [0.717, 1.165) is 5.56 Å². The number of piperazine rings is 2. The number of carbonyl (C=O) groups is 6. The molecule has 0 radical (unpaired) electrons. The number of ketones is 1. The minimum absolute atomic E-state index is 0.122. The lowest BCUT2D eigenvalue weighted by Crippen LogP contribution is -2.54. The van der Waals surface area contributed by atoms with Crippen molar-refractivity contribution in [3.63, 3.8) is 0 Å². The van der Waals surface area contributed by atoms with Crippen molar-refractivity contribution < 1.29 is 69.0 Å². The number of para-hydroxylation sites is 2. The zero-order valence-electron chi connectivity index (χ0n) is 43.2. The van der Waals surface area contributed by atoms with Crippen LogP contribution in [-0.4, -0.2) is 142 Å². The van der Waals surface area contributed by atoms with E-state index in [0.29, 0.717) is 74.9 Å². The van der Waals surface area contributed by atoms with Crippen LogP contribution < -0.4 is 15.1 Å². The van der Waals surface area contributed by atoms with Gasteiger partial charge in [0.2, 0.25) is 5.89 Å². The van der Waals surface area contributed by atoms with Crippen molar-refractivity contribution in [2.75, 3.05) is 68.7 Å². The van der Waals surface area contributed by atoms with Crippen LogP contribution in [0.25, 0.3) is 11.5 Å². The van der Waals surface area contributed by atoms with Gasteiger partial charge in [0.1, 0.15) is 11.2 Å². The summed E-state index contributed by atoms with van der Waals surface area (Å²) in [6.07, 6.45) is -10.6. The second-order valence-corrected chi connectivity index (χ2v) is 19.7. The quantitative estimate of drug-likeness (QED) is 0.103. The summed E-state index contributed by atoms with van der Waals surface area (Å²) < 4.78 is 91.0. The monoisotopic (exact) mass is 1080 g/mol. The number of nitrogens with one attached hydrogen (secondary N) is 1. The maximum absolute atomic E-state index is 13.6. The van der Waals surface area contributed by atoms with Crippen molar-refractivity contribution in [1.82, 2.24) is 35.1 Å². The summed E-state index contributed by atoms with van der Waals surface area (Å²) in [5.74, 6) is -4.53. The molecule has 0 aliphatic carbocycles. The summed E-state index contributed by atoms with van der Waals surface area (Å²) in [5, 5.41) is 8.08. The van der Waals surface area contributed by atoms with Crippen LogP contribution in [-0.2, 0) is 33.5 Å². The van der Waals surface area contributed by atoms with Crippen LogP contribution in [0, 0.1) is 0 Å². The molecule has 2 aliphatic rings. The molecular formula is C53H59F6N9O9. The highest BCUT2D eigenvalue weighted by atomic mass is 19.4. The molecule has 0 unspecified atom stereocenters. The number of halogens is 6. The van der Waals surface area contributed by atoms with Gasteiger partial charge in [-0.15, -0.1) is 10.2 Å². The predicted octanol–water partition coefficient (Wildman–Crippen LogP) is 9.66. The predicted molar refractivity (Wildman–Crippen MR) is 269 cm³/mol. The lowest BCUT2D eigenvalue weighted by atomic mass is 10.1. The molecule has 2 saturated heterocycles. The number of urea groups is 2. The molecule has 3 heterocycles. The molecule has 1 N–H and O–H groups in total. The van der Waals surface area contributed by atoms with Gasteiger partial charge in [-0.25, -0.2) is 19.2 Å². The number of rotatable bonds is 10. The van der Waals surface area contributed by atoms with Gasteiger partial charge < -0.3 is 38.8 Å². The smallest absolute Gasteiger partial charge is 0.444 e. The number of Topliss-reactive ketones (excluding diaryl/α,β-unsaturated/α-hetero) is 1. The standard InChI is InChI=1S/C27H31F3N4O5.C26H28F3N5O4/c1-26(2,3)39-25(38)33-15-13-32(14-16-33)24(37)34(21-7-5-4-6-8-21)18-19-9-11-20(12-10-19)22(35)17-31-23(36)27(28,29)30;1-25(2,3)38-24(36)33-15-13-32(14-16-33)23(35)34(20-7-5-4-6-8-20)17-18-9-11-19(12-10-18)21-30-31-22(37-21)26(27,28)29/h4-12H,13-18H2,1-3H3,(H,31,36);4-12H,13-17H2,1-3H3. The highest BCUT2D eigenvalue weighted by Crippen LogP contribution is 2.31. The minimum atomic E-state index is -5.07. The molecule has 0 spiro atoms. The SMILES string of the molecule is CC(C)(C)OC(=O)N1CCN(C(=O)N(Cc2ccc(-c3nnc(C(F)(F)F)o3)cc2)c2ccccc2)CC1.CC(C)(C)OC(=O)N1CCN(C(=O)N(Cc2ccc(C(=O)CNC(=O)C(F)(F)F)cc2)c2ccccc2)CC1. The normalized spacial score (nSPS) is 14.2. The Hall–Kier alpha value is -8.18. The maximum atomic E-state index is 13.6. The Morgan fingerprint density at radius 3 is 1.30 bits per heavy atom. The van der Waals surface area contributed by atoms with Crippen molar-refractivity contribution in [3.8, 4) is 11.5 Å². The molecule has 4 aromatic carbocycles. The number of benzene rings is 4. The van der Waals surface area contributed by atoms with E-state index in [1.54, 1.807) is 137 Å². The van der Waals surface area contributed by atoms with Gasteiger partial charge in [0, 0.05) is 74.9 Å². The first kappa shape index (κ1) is 58.1. The zero-order valence-corrected chi connectivity index (χ0v) is 43.2. The van der Waals surface area contributed by atoms with Gasteiger partial charge in [0.25, 0.3) is 0 Å². The van der Waals surface area contributed by atoms with Gasteiger partial charge >= 0.3 is 48.4 Å². The van der Waals surface area contributed by atoms with Crippen LogP contribution in [0.2, 0.25) is 0 Å². The maximum Gasteiger partial charge on any atom is 0.471 e. The highest BCUT2D eigenvalue weighted by Gasteiger charge is 2.40. The van der Waals surface area contributed by atoms with Crippen molar-refractivity contribution >= 4 is 47.3 Å². The summed E-state index contributed by atoms with van der Waals surface area (Å²) in [6.45, 7) is 13.0. The van der Waals surface area contributed by atoms with Gasteiger partial charge in [0.05, 0.1) is 19.6 Å². The molecular weight excluding hydrogens is 1020 g/mol. The minimum Gasteiger partial charge on any atom is -0.444 e. The van der Waals surface area contributed by atoms with Crippen LogP contribution >= 0.6 is 0 Å². The number of hydrogen-bond acceptors (Lipinski definition) is 11. The van der Waals surface area contributed by atoms with Crippen molar-refractivity contribution in [1.29, 1.82) is 0 Å². The number of amides is 7. The molecule has 0 bridgehead atoms. The summed E-state index contributed by atoms with van der Waals surface area (Å²) in [7, 11) is 0. The van der Waals surface area contributed by atoms with Crippen LogP contribution in [0.3, 0.4) is 0 Å².